The third kappa shape index (κ3) is 7.64. The molecule has 3 rings (SSSR count). The van der Waals surface area contributed by atoms with Crippen LogP contribution in [0.15, 0.2) is 83.5 Å². The Balaban J connectivity index is 1.50. The molecule has 0 bridgehead atoms. The lowest BCUT2D eigenvalue weighted by Crippen LogP contribution is -2.39. The third-order valence-electron chi connectivity index (χ3n) is 4.99. The number of amides is 2. The van der Waals surface area contributed by atoms with Gasteiger partial charge in [-0.2, -0.15) is 0 Å². The molecule has 1 aromatic heterocycles. The molecule has 0 spiro atoms. The maximum atomic E-state index is 13.1. The number of esters is 1. The molecule has 0 fully saturated rings. The van der Waals surface area contributed by atoms with E-state index >= 15 is 0 Å². The van der Waals surface area contributed by atoms with Crippen molar-refractivity contribution in [1.82, 2.24) is 10.2 Å². The highest BCUT2D eigenvalue weighted by molar-refractivity contribution is 5.91. The highest BCUT2D eigenvalue weighted by atomic mass is 16.5. The van der Waals surface area contributed by atoms with E-state index in [4.69, 9.17) is 9.15 Å². The number of hydrogen-bond donors (Lipinski definition) is 1. The Labute approximate surface area is 193 Å². The van der Waals surface area contributed by atoms with Crippen LogP contribution in [0.5, 0.6) is 0 Å². The molecule has 1 unspecified atom stereocenters. The van der Waals surface area contributed by atoms with Gasteiger partial charge in [0.2, 0.25) is 0 Å². The van der Waals surface area contributed by atoms with Crippen LogP contribution >= 0.6 is 0 Å². The van der Waals surface area contributed by atoms with Crippen LogP contribution in [0.3, 0.4) is 0 Å². The van der Waals surface area contributed by atoms with Gasteiger partial charge in [0.15, 0.2) is 11.9 Å². The van der Waals surface area contributed by atoms with Crippen molar-refractivity contribution in [1.29, 1.82) is 0 Å². The van der Waals surface area contributed by atoms with Crippen LogP contribution in [0.25, 0.3) is 0 Å². The number of benzene rings is 2. The fourth-order valence-corrected chi connectivity index (χ4v) is 3.31. The molecular formula is C26H28N2O5. The first-order valence-corrected chi connectivity index (χ1v) is 10.9. The van der Waals surface area contributed by atoms with Gasteiger partial charge in [0, 0.05) is 26.1 Å². The average molecular weight is 449 g/mol. The van der Waals surface area contributed by atoms with Crippen molar-refractivity contribution in [2.75, 3.05) is 6.54 Å². The van der Waals surface area contributed by atoms with Gasteiger partial charge in [-0.1, -0.05) is 60.7 Å². The summed E-state index contributed by atoms with van der Waals surface area (Å²) in [5.74, 6) is -0.868. The molecule has 0 aliphatic carbocycles. The maximum absolute atomic E-state index is 13.1. The fourth-order valence-electron chi connectivity index (χ4n) is 3.31. The summed E-state index contributed by atoms with van der Waals surface area (Å²) in [6.45, 7) is 2.71. The minimum atomic E-state index is -0.914. The number of carbonyl (C=O) groups is 3. The Bertz CT molecular complexity index is 978. The summed E-state index contributed by atoms with van der Waals surface area (Å²) >= 11 is 0. The number of nitrogens with one attached hydrogen (secondary N) is 1. The smallest absolute Gasteiger partial charge is 0.306 e. The van der Waals surface area contributed by atoms with Gasteiger partial charge in [-0.15, -0.1) is 0 Å². The SMILES string of the molecule is CC(OC(=O)CCCNC(=O)c1ccco1)C(=O)N(Cc1ccccc1)Cc1ccccc1. The topological polar surface area (TPSA) is 88.8 Å². The van der Waals surface area contributed by atoms with E-state index in [1.165, 1.54) is 6.26 Å². The standard InChI is InChI=1S/C26H28N2O5/c1-20(33-24(29)15-8-16-27-25(30)23-14-9-17-32-23)26(31)28(18-21-10-4-2-5-11-21)19-22-12-6-3-7-13-22/h2-7,9-14,17,20H,8,15-16,18-19H2,1H3,(H,27,30). The number of ether oxygens (including phenoxy) is 1. The van der Waals surface area contributed by atoms with Gasteiger partial charge in [0.05, 0.1) is 6.26 Å². The lowest BCUT2D eigenvalue weighted by atomic mass is 10.1. The number of nitrogens with zero attached hydrogens (tertiary/aromatic N) is 1. The van der Waals surface area contributed by atoms with Crippen molar-refractivity contribution in [2.24, 2.45) is 0 Å². The quantitative estimate of drug-likeness (QED) is 0.354. The minimum absolute atomic E-state index is 0.0907. The van der Waals surface area contributed by atoms with Crippen LogP contribution in [0.4, 0.5) is 0 Å². The van der Waals surface area contributed by atoms with E-state index in [2.05, 4.69) is 5.32 Å². The second-order valence-electron chi connectivity index (χ2n) is 7.63. The van der Waals surface area contributed by atoms with Gasteiger partial charge < -0.3 is 19.4 Å². The van der Waals surface area contributed by atoms with Gasteiger partial charge in [0.25, 0.3) is 11.8 Å². The molecule has 2 amide bonds. The van der Waals surface area contributed by atoms with Crippen LogP contribution in [0.1, 0.15) is 41.4 Å². The van der Waals surface area contributed by atoms with Crippen LogP contribution in [0, 0.1) is 0 Å². The van der Waals surface area contributed by atoms with E-state index in [0.29, 0.717) is 26.1 Å². The fraction of sp³-hybridized carbons (Fsp3) is 0.269. The normalized spacial score (nSPS) is 11.4. The maximum Gasteiger partial charge on any atom is 0.306 e. The molecule has 1 heterocycles. The van der Waals surface area contributed by atoms with Crippen molar-refractivity contribution >= 4 is 17.8 Å². The molecule has 0 aliphatic rings. The zero-order valence-electron chi connectivity index (χ0n) is 18.6. The lowest BCUT2D eigenvalue weighted by molar-refractivity contribution is -0.159. The van der Waals surface area contributed by atoms with Gasteiger partial charge in [-0.25, -0.2) is 0 Å². The van der Waals surface area contributed by atoms with Crippen LogP contribution in [0.2, 0.25) is 0 Å². The van der Waals surface area contributed by atoms with Crippen molar-refractivity contribution in [3.05, 3.63) is 95.9 Å². The first kappa shape index (κ1) is 23.8. The summed E-state index contributed by atoms with van der Waals surface area (Å²) in [6, 6.07) is 22.6. The average Bonchev–Trinajstić information content (AvgIpc) is 3.37. The van der Waals surface area contributed by atoms with E-state index < -0.39 is 12.1 Å². The van der Waals surface area contributed by atoms with Crippen molar-refractivity contribution in [3.8, 4) is 0 Å². The molecule has 7 heteroatoms. The Morgan fingerprint density at radius 1 is 0.909 bits per heavy atom. The van der Waals surface area contributed by atoms with Gasteiger partial charge in [-0.05, 0) is 36.6 Å². The second-order valence-corrected chi connectivity index (χ2v) is 7.63. The first-order chi connectivity index (χ1) is 16.0. The molecule has 1 N–H and O–H groups in total. The molecular weight excluding hydrogens is 420 g/mol. The summed E-state index contributed by atoms with van der Waals surface area (Å²) in [7, 11) is 0. The van der Waals surface area contributed by atoms with Gasteiger partial charge in [0.1, 0.15) is 0 Å². The molecule has 0 aliphatic heterocycles. The number of rotatable bonds is 11. The third-order valence-corrected chi connectivity index (χ3v) is 4.99. The van der Waals surface area contributed by atoms with E-state index in [1.807, 2.05) is 60.7 Å². The predicted octanol–water partition coefficient (Wildman–Crippen LogP) is 3.95. The van der Waals surface area contributed by atoms with Crippen LogP contribution < -0.4 is 5.32 Å². The largest absolute Gasteiger partial charge is 0.459 e. The molecule has 0 saturated carbocycles. The zero-order chi connectivity index (χ0) is 23.5. The summed E-state index contributed by atoms with van der Waals surface area (Å²) < 4.78 is 10.4. The highest BCUT2D eigenvalue weighted by Gasteiger charge is 2.24. The molecule has 3 aromatic rings. The Morgan fingerprint density at radius 2 is 1.52 bits per heavy atom. The lowest BCUT2D eigenvalue weighted by Gasteiger charge is -2.26. The summed E-state index contributed by atoms with van der Waals surface area (Å²) in [4.78, 5) is 38.9. The van der Waals surface area contributed by atoms with E-state index in [-0.39, 0.29) is 24.0 Å². The Kier molecular flexibility index (Phi) is 8.82. The van der Waals surface area contributed by atoms with Gasteiger partial charge >= 0.3 is 5.97 Å². The molecule has 0 saturated heterocycles. The molecule has 33 heavy (non-hydrogen) atoms. The summed E-state index contributed by atoms with van der Waals surface area (Å²) in [6.07, 6.45) is 0.989. The van der Waals surface area contributed by atoms with Crippen molar-refractivity contribution < 1.29 is 23.5 Å². The number of furan rings is 1. The Hall–Kier alpha value is -3.87. The van der Waals surface area contributed by atoms with E-state index in [1.54, 1.807) is 24.0 Å². The van der Waals surface area contributed by atoms with E-state index in [0.717, 1.165) is 11.1 Å². The molecule has 0 radical (unpaired) electrons. The summed E-state index contributed by atoms with van der Waals surface area (Å²) in [5, 5.41) is 2.67. The minimum Gasteiger partial charge on any atom is -0.459 e. The number of hydrogen-bond acceptors (Lipinski definition) is 5. The monoisotopic (exact) mass is 448 g/mol. The van der Waals surface area contributed by atoms with Crippen LogP contribution in [-0.2, 0) is 27.4 Å². The summed E-state index contributed by atoms with van der Waals surface area (Å²) in [5.41, 5.74) is 1.99. The molecule has 7 nitrogen and oxygen atoms in total. The van der Waals surface area contributed by atoms with Gasteiger partial charge in [-0.3, -0.25) is 14.4 Å². The Morgan fingerprint density at radius 3 is 2.06 bits per heavy atom. The molecule has 172 valence electrons. The number of carbonyl (C=O) groups excluding carboxylic acids is 3. The van der Waals surface area contributed by atoms with E-state index in [9.17, 15) is 14.4 Å². The zero-order valence-corrected chi connectivity index (χ0v) is 18.6. The predicted molar refractivity (Wildman–Crippen MR) is 123 cm³/mol. The molecule has 2 aromatic carbocycles. The van der Waals surface area contributed by atoms with Crippen molar-refractivity contribution in [3.63, 3.8) is 0 Å². The first-order valence-electron chi connectivity index (χ1n) is 10.9. The van der Waals surface area contributed by atoms with Crippen LogP contribution in [-0.4, -0.2) is 35.3 Å². The highest BCUT2D eigenvalue weighted by Crippen LogP contribution is 2.13. The van der Waals surface area contributed by atoms with Crippen molar-refractivity contribution in [2.45, 2.75) is 39.0 Å². The second kappa shape index (κ2) is 12.2. The molecule has 1 atom stereocenters.